The fourth-order valence-corrected chi connectivity index (χ4v) is 0.0962. The number of hydrogen-bond acceptors (Lipinski definition) is 5. The molecule has 0 aliphatic carbocycles. The minimum atomic E-state index is -5.61. The topological polar surface area (TPSA) is 105 Å². The first kappa shape index (κ1) is 36.9. The maximum atomic E-state index is 8.58. The Bertz CT molecular complexity index is 118. The molecule has 0 N–H and O–H groups in total. The van der Waals surface area contributed by atoms with Crippen LogP contribution in [0.4, 0.5) is 0 Å². The maximum Gasteiger partial charge on any atom is 1.00 e. The predicted octanol–water partition coefficient (Wildman–Crippen LogP) is -15.3. The summed E-state index contributed by atoms with van der Waals surface area (Å²) < 4.78 is 4.71. The number of ether oxygens (including phenoxy) is 1. The molecule has 16 heavy (non-hydrogen) atoms. The van der Waals surface area contributed by atoms with E-state index in [4.69, 9.17) is 35.5 Å². The standard InChI is InChI=1S/C3H6O.C2H3Cl.4Na.O4Si/c1-3-2-4-3;1-2-3;;;;;1-5(2,3)4/h3H,2H2,1H3;2H,1H2;;;;;/q;;4*+1;-4. The van der Waals surface area contributed by atoms with Gasteiger partial charge in [0.05, 0.1) is 12.7 Å². The van der Waals surface area contributed by atoms with Gasteiger partial charge in [-0.1, -0.05) is 18.2 Å². The van der Waals surface area contributed by atoms with Crippen molar-refractivity contribution in [1.82, 2.24) is 0 Å². The van der Waals surface area contributed by atoms with Crippen LogP contribution in [-0.2, 0) is 4.74 Å². The van der Waals surface area contributed by atoms with Crippen molar-refractivity contribution in [3.05, 3.63) is 12.1 Å². The fraction of sp³-hybridized carbons (Fsp3) is 0.600. The number of hydrogen-bond donors (Lipinski definition) is 0. The summed E-state index contributed by atoms with van der Waals surface area (Å²) in [7, 11) is -5.61. The minimum absolute atomic E-state index is 0. The Balaban J connectivity index is -0.0000000213. The first-order valence-electron chi connectivity index (χ1n) is 2.95. The summed E-state index contributed by atoms with van der Waals surface area (Å²) in [5, 5.41) is 0. The third-order valence-corrected chi connectivity index (χ3v) is 0.500. The quantitative estimate of drug-likeness (QED) is 0.326. The van der Waals surface area contributed by atoms with Gasteiger partial charge in [0, 0.05) is 0 Å². The van der Waals surface area contributed by atoms with Crippen LogP contribution in [-0.4, -0.2) is 21.8 Å². The molecule has 1 atom stereocenters. The van der Waals surface area contributed by atoms with Crippen molar-refractivity contribution in [1.29, 1.82) is 0 Å². The zero-order valence-electron chi connectivity index (χ0n) is 10.5. The van der Waals surface area contributed by atoms with Crippen molar-refractivity contribution in [3.8, 4) is 0 Å². The first-order valence-corrected chi connectivity index (χ1v) is 5.02. The Morgan fingerprint density at radius 1 is 1.19 bits per heavy atom. The van der Waals surface area contributed by atoms with E-state index in [-0.39, 0.29) is 118 Å². The van der Waals surface area contributed by atoms with Gasteiger partial charge in [0.15, 0.2) is 0 Å². The maximum absolute atomic E-state index is 8.58. The normalized spacial score (nSPS) is 14.5. The molecule has 0 aromatic rings. The van der Waals surface area contributed by atoms with E-state index in [2.05, 4.69) is 13.5 Å². The van der Waals surface area contributed by atoms with Crippen molar-refractivity contribution < 1.29 is 142 Å². The van der Waals surface area contributed by atoms with Crippen molar-refractivity contribution in [2.45, 2.75) is 13.0 Å². The molecule has 5 nitrogen and oxygen atoms in total. The van der Waals surface area contributed by atoms with Crippen LogP contribution in [0.15, 0.2) is 12.1 Å². The van der Waals surface area contributed by atoms with Crippen molar-refractivity contribution in [2.75, 3.05) is 6.61 Å². The van der Waals surface area contributed by atoms with E-state index >= 15 is 0 Å². The summed E-state index contributed by atoms with van der Waals surface area (Å²) >= 11 is 4.76. The predicted molar refractivity (Wildman–Crippen MR) is 37.2 cm³/mol. The summed E-state index contributed by atoms with van der Waals surface area (Å²) in [5.74, 6) is 0. The molecule has 1 saturated heterocycles. The van der Waals surface area contributed by atoms with Gasteiger partial charge >= 0.3 is 118 Å². The van der Waals surface area contributed by atoms with E-state index in [1.807, 2.05) is 0 Å². The third-order valence-electron chi connectivity index (χ3n) is 0.500. The molecule has 0 spiro atoms. The molecule has 1 heterocycles. The van der Waals surface area contributed by atoms with Crippen LogP contribution in [0.5, 0.6) is 0 Å². The van der Waals surface area contributed by atoms with Crippen LogP contribution >= 0.6 is 11.6 Å². The van der Waals surface area contributed by atoms with Gasteiger partial charge in [-0.25, -0.2) is 0 Å². The second kappa shape index (κ2) is 24.1. The number of rotatable bonds is 0. The zero-order chi connectivity index (χ0) is 10.2. The molecule has 0 amide bonds. The zero-order valence-corrected chi connectivity index (χ0v) is 20.2. The van der Waals surface area contributed by atoms with Crippen LogP contribution in [0.1, 0.15) is 6.92 Å². The van der Waals surface area contributed by atoms with Gasteiger partial charge in [0.2, 0.25) is 0 Å². The fourth-order valence-electron chi connectivity index (χ4n) is 0.0962. The molecule has 1 aliphatic rings. The smallest absolute Gasteiger partial charge is 0.894 e. The van der Waals surface area contributed by atoms with Crippen LogP contribution in [0.2, 0.25) is 0 Å². The second-order valence-electron chi connectivity index (χ2n) is 1.80. The molecule has 0 saturated carbocycles. The van der Waals surface area contributed by atoms with Crippen LogP contribution in [0.3, 0.4) is 0 Å². The Morgan fingerprint density at radius 3 is 1.25 bits per heavy atom. The van der Waals surface area contributed by atoms with E-state index in [1.54, 1.807) is 0 Å². The van der Waals surface area contributed by atoms with E-state index in [1.165, 1.54) is 5.54 Å². The molecule has 1 aliphatic heterocycles. The van der Waals surface area contributed by atoms with Gasteiger partial charge in [0.25, 0.3) is 0 Å². The number of halogens is 1. The molecule has 1 fully saturated rings. The monoisotopic (exact) mass is 304 g/mol. The van der Waals surface area contributed by atoms with Gasteiger partial charge in [-0.15, -0.1) is 0 Å². The van der Waals surface area contributed by atoms with Crippen molar-refractivity contribution in [2.24, 2.45) is 0 Å². The Labute approximate surface area is 191 Å². The van der Waals surface area contributed by atoms with Gasteiger partial charge < -0.3 is 33.0 Å². The average molecular weight is 305 g/mol. The molecule has 0 aromatic heterocycles. The molecule has 0 bridgehead atoms. The molecule has 1 unspecified atom stereocenters. The van der Waals surface area contributed by atoms with Crippen LogP contribution < -0.4 is 137 Å². The molecular weight excluding hydrogens is 296 g/mol. The van der Waals surface area contributed by atoms with Crippen molar-refractivity contribution in [3.63, 3.8) is 0 Å². The van der Waals surface area contributed by atoms with E-state index < -0.39 is 9.05 Å². The summed E-state index contributed by atoms with van der Waals surface area (Å²) in [4.78, 5) is 34.3. The molecule has 11 heteroatoms. The SMILES string of the molecule is C=CCl.CC1CO1.[Na+].[Na+].[Na+].[Na+].[O-][Si]([O-])([O-])[O-]. The van der Waals surface area contributed by atoms with E-state index in [0.29, 0.717) is 6.10 Å². The average Bonchev–Trinajstić information content (AvgIpc) is 2.47. The van der Waals surface area contributed by atoms with Gasteiger partial charge in [-0.3, -0.25) is 0 Å². The van der Waals surface area contributed by atoms with Gasteiger partial charge in [-0.2, -0.15) is 0 Å². The Hall–Kier alpha value is 4.05. The van der Waals surface area contributed by atoms with Crippen molar-refractivity contribution >= 4 is 20.6 Å². The Kier molecular flexibility index (Phi) is 55.5. The van der Waals surface area contributed by atoms with Crippen LogP contribution in [0.25, 0.3) is 0 Å². The molecule has 1 rings (SSSR count). The third kappa shape index (κ3) is 106. The minimum Gasteiger partial charge on any atom is -0.894 e. The molecule has 74 valence electrons. The van der Waals surface area contributed by atoms with Gasteiger partial charge in [-0.05, 0) is 12.5 Å². The molecule has 0 aromatic carbocycles. The largest absolute Gasteiger partial charge is 1.00 e. The second-order valence-corrected chi connectivity index (χ2v) is 3.11. The van der Waals surface area contributed by atoms with E-state index in [9.17, 15) is 0 Å². The van der Waals surface area contributed by atoms with E-state index in [0.717, 1.165) is 6.61 Å². The number of epoxide rings is 1. The summed E-state index contributed by atoms with van der Waals surface area (Å²) in [6.45, 7) is 6.17. The molecule has 0 radical (unpaired) electrons. The molecular formula is C5H9ClNa4O5Si. The Morgan fingerprint density at radius 2 is 1.25 bits per heavy atom. The van der Waals surface area contributed by atoms with Crippen LogP contribution in [0, 0.1) is 0 Å². The summed E-state index contributed by atoms with van der Waals surface area (Å²) in [6, 6.07) is 0. The van der Waals surface area contributed by atoms with Gasteiger partial charge in [0.1, 0.15) is 0 Å². The summed E-state index contributed by atoms with van der Waals surface area (Å²) in [6.07, 6.45) is 0.583. The summed E-state index contributed by atoms with van der Waals surface area (Å²) in [5.41, 5.74) is 1.22. The first-order chi connectivity index (χ1) is 5.31.